The van der Waals surface area contributed by atoms with Crippen molar-refractivity contribution in [2.75, 3.05) is 13.2 Å². The number of hydrogen-bond acceptors (Lipinski definition) is 4. The van der Waals surface area contributed by atoms with Crippen molar-refractivity contribution in [1.29, 1.82) is 5.26 Å². The lowest BCUT2D eigenvalue weighted by atomic mass is 10.0. The standard InChI is InChI=1S/C12H19N3O3/c13-6-3-1-2-4-10(11(14)16)15-12(17)9-5-7-18-8-9/h9-10H,1-5,7-8H2,(H2,14,16)(H,15,17)/t9-,10+/m0/s1. The zero-order valence-electron chi connectivity index (χ0n) is 10.4. The van der Waals surface area contributed by atoms with Crippen LogP contribution < -0.4 is 11.1 Å². The molecule has 1 aliphatic rings. The zero-order valence-corrected chi connectivity index (χ0v) is 10.4. The predicted octanol–water partition coefficient (Wildman–Crippen LogP) is 0.0770. The fourth-order valence-corrected chi connectivity index (χ4v) is 1.87. The van der Waals surface area contributed by atoms with Gasteiger partial charge in [0.1, 0.15) is 6.04 Å². The van der Waals surface area contributed by atoms with Crippen LogP contribution in [0.5, 0.6) is 0 Å². The highest BCUT2D eigenvalue weighted by atomic mass is 16.5. The van der Waals surface area contributed by atoms with Crippen LogP contribution in [-0.4, -0.2) is 31.1 Å². The lowest BCUT2D eigenvalue weighted by molar-refractivity contribution is -0.130. The number of primary amides is 1. The molecule has 0 spiro atoms. The number of nitriles is 1. The van der Waals surface area contributed by atoms with E-state index in [1.54, 1.807) is 0 Å². The third-order valence-electron chi connectivity index (χ3n) is 2.99. The van der Waals surface area contributed by atoms with Crippen LogP contribution in [0.25, 0.3) is 0 Å². The number of nitrogens with one attached hydrogen (secondary N) is 1. The Morgan fingerprint density at radius 2 is 2.28 bits per heavy atom. The molecular formula is C12H19N3O3. The molecule has 0 unspecified atom stereocenters. The fourth-order valence-electron chi connectivity index (χ4n) is 1.87. The van der Waals surface area contributed by atoms with E-state index in [0.717, 1.165) is 0 Å². The van der Waals surface area contributed by atoms with Crippen molar-refractivity contribution in [3.05, 3.63) is 0 Å². The molecule has 0 radical (unpaired) electrons. The monoisotopic (exact) mass is 253 g/mol. The molecule has 1 rings (SSSR count). The first-order valence-electron chi connectivity index (χ1n) is 6.19. The van der Waals surface area contributed by atoms with Gasteiger partial charge in [0.2, 0.25) is 11.8 Å². The van der Waals surface area contributed by atoms with Crippen LogP contribution in [0.1, 0.15) is 32.1 Å². The molecule has 100 valence electrons. The van der Waals surface area contributed by atoms with Crippen molar-refractivity contribution in [2.24, 2.45) is 11.7 Å². The minimum Gasteiger partial charge on any atom is -0.381 e. The largest absolute Gasteiger partial charge is 0.381 e. The van der Waals surface area contributed by atoms with E-state index in [4.69, 9.17) is 15.7 Å². The lowest BCUT2D eigenvalue weighted by Gasteiger charge is -2.17. The van der Waals surface area contributed by atoms with Gasteiger partial charge in [0, 0.05) is 13.0 Å². The summed E-state index contributed by atoms with van der Waals surface area (Å²) < 4.78 is 5.12. The summed E-state index contributed by atoms with van der Waals surface area (Å²) in [4.78, 5) is 23.0. The second-order valence-corrected chi connectivity index (χ2v) is 4.43. The van der Waals surface area contributed by atoms with E-state index in [0.29, 0.717) is 45.3 Å². The maximum absolute atomic E-state index is 11.8. The van der Waals surface area contributed by atoms with Gasteiger partial charge >= 0.3 is 0 Å². The van der Waals surface area contributed by atoms with Crippen LogP contribution >= 0.6 is 0 Å². The summed E-state index contributed by atoms with van der Waals surface area (Å²) in [6.07, 6.45) is 3.03. The summed E-state index contributed by atoms with van der Waals surface area (Å²) >= 11 is 0. The summed E-state index contributed by atoms with van der Waals surface area (Å²) in [5, 5.41) is 11.1. The molecule has 2 atom stereocenters. The highest BCUT2D eigenvalue weighted by Gasteiger charge is 2.26. The van der Waals surface area contributed by atoms with E-state index in [1.807, 2.05) is 6.07 Å². The van der Waals surface area contributed by atoms with Gasteiger partial charge in [0.05, 0.1) is 18.6 Å². The normalized spacial score (nSPS) is 20.1. The van der Waals surface area contributed by atoms with Gasteiger partial charge in [0.25, 0.3) is 0 Å². The Morgan fingerprint density at radius 1 is 1.50 bits per heavy atom. The molecule has 1 fully saturated rings. The Morgan fingerprint density at radius 3 is 2.83 bits per heavy atom. The van der Waals surface area contributed by atoms with Crippen molar-refractivity contribution in [1.82, 2.24) is 5.32 Å². The molecule has 0 aromatic heterocycles. The third kappa shape index (κ3) is 4.72. The van der Waals surface area contributed by atoms with Crippen molar-refractivity contribution in [3.8, 4) is 6.07 Å². The van der Waals surface area contributed by atoms with Crippen molar-refractivity contribution < 1.29 is 14.3 Å². The molecule has 0 aromatic carbocycles. The average Bonchev–Trinajstić information content (AvgIpc) is 2.86. The Hall–Kier alpha value is -1.61. The second kappa shape index (κ2) is 7.67. The first-order valence-corrected chi connectivity index (χ1v) is 6.19. The Balaban J connectivity index is 2.34. The number of carbonyl (C=O) groups excluding carboxylic acids is 2. The van der Waals surface area contributed by atoms with Gasteiger partial charge in [-0.2, -0.15) is 5.26 Å². The molecule has 0 aromatic rings. The highest BCUT2D eigenvalue weighted by molar-refractivity contribution is 5.87. The molecule has 3 N–H and O–H groups in total. The van der Waals surface area contributed by atoms with Gasteiger partial charge in [0.15, 0.2) is 0 Å². The van der Waals surface area contributed by atoms with Crippen LogP contribution in [0, 0.1) is 17.2 Å². The molecule has 6 nitrogen and oxygen atoms in total. The minimum absolute atomic E-state index is 0.170. The predicted molar refractivity (Wildman–Crippen MR) is 64.1 cm³/mol. The number of hydrogen-bond donors (Lipinski definition) is 2. The van der Waals surface area contributed by atoms with Gasteiger partial charge < -0.3 is 15.8 Å². The maximum Gasteiger partial charge on any atom is 0.239 e. The summed E-state index contributed by atoms with van der Waals surface area (Å²) in [6.45, 7) is 0.993. The Bertz CT molecular complexity index is 332. The van der Waals surface area contributed by atoms with E-state index >= 15 is 0 Å². The first kappa shape index (κ1) is 14.5. The number of nitrogens with two attached hydrogens (primary N) is 1. The summed E-state index contributed by atoms with van der Waals surface area (Å²) in [7, 11) is 0. The number of amides is 2. The fraction of sp³-hybridized carbons (Fsp3) is 0.750. The smallest absolute Gasteiger partial charge is 0.239 e. The van der Waals surface area contributed by atoms with Crippen molar-refractivity contribution >= 4 is 11.8 Å². The number of carbonyl (C=O) groups is 2. The first-order chi connectivity index (χ1) is 8.65. The molecule has 2 amide bonds. The summed E-state index contributed by atoms with van der Waals surface area (Å²) in [5.41, 5.74) is 5.25. The molecular weight excluding hydrogens is 234 g/mol. The zero-order chi connectivity index (χ0) is 13.4. The van der Waals surface area contributed by atoms with Gasteiger partial charge in [-0.1, -0.05) is 0 Å². The van der Waals surface area contributed by atoms with E-state index < -0.39 is 11.9 Å². The van der Waals surface area contributed by atoms with Gasteiger partial charge in [-0.05, 0) is 25.7 Å². The van der Waals surface area contributed by atoms with Crippen molar-refractivity contribution in [2.45, 2.75) is 38.1 Å². The molecule has 18 heavy (non-hydrogen) atoms. The van der Waals surface area contributed by atoms with E-state index in [2.05, 4.69) is 5.32 Å². The highest BCUT2D eigenvalue weighted by Crippen LogP contribution is 2.13. The molecule has 0 saturated carbocycles. The second-order valence-electron chi connectivity index (χ2n) is 4.43. The van der Waals surface area contributed by atoms with E-state index in [9.17, 15) is 9.59 Å². The Kier molecular flexibility index (Phi) is 6.15. The molecule has 1 heterocycles. The number of nitrogens with zero attached hydrogens (tertiary/aromatic N) is 1. The van der Waals surface area contributed by atoms with Crippen LogP contribution in [0.2, 0.25) is 0 Å². The van der Waals surface area contributed by atoms with Gasteiger partial charge in [-0.15, -0.1) is 0 Å². The van der Waals surface area contributed by atoms with Crippen LogP contribution in [0.15, 0.2) is 0 Å². The topological polar surface area (TPSA) is 105 Å². The molecule has 0 aliphatic carbocycles. The molecule has 1 aliphatic heterocycles. The molecule has 1 saturated heterocycles. The van der Waals surface area contributed by atoms with Gasteiger partial charge in [-0.25, -0.2) is 0 Å². The summed E-state index contributed by atoms with van der Waals surface area (Å²) in [5.74, 6) is -0.873. The van der Waals surface area contributed by atoms with E-state index in [1.165, 1.54) is 0 Å². The average molecular weight is 253 g/mol. The van der Waals surface area contributed by atoms with E-state index in [-0.39, 0.29) is 11.8 Å². The SMILES string of the molecule is N#CCCCC[C@@H](NC(=O)[C@H]1CCOC1)C(N)=O. The lowest BCUT2D eigenvalue weighted by Crippen LogP contribution is -2.46. The maximum atomic E-state index is 11.8. The quantitative estimate of drug-likeness (QED) is 0.626. The molecule has 6 heteroatoms. The third-order valence-corrected chi connectivity index (χ3v) is 2.99. The number of ether oxygens (including phenoxy) is 1. The van der Waals surface area contributed by atoms with Crippen molar-refractivity contribution in [3.63, 3.8) is 0 Å². The Labute approximate surface area is 106 Å². The number of rotatable bonds is 7. The minimum atomic E-state index is -0.642. The van der Waals surface area contributed by atoms with Crippen LogP contribution in [0.3, 0.4) is 0 Å². The van der Waals surface area contributed by atoms with Crippen LogP contribution in [0.4, 0.5) is 0 Å². The summed E-state index contributed by atoms with van der Waals surface area (Å²) in [6, 6.07) is 1.39. The number of unbranched alkanes of at least 4 members (excludes halogenated alkanes) is 2. The van der Waals surface area contributed by atoms with Gasteiger partial charge in [-0.3, -0.25) is 9.59 Å². The van der Waals surface area contributed by atoms with Crippen LogP contribution in [-0.2, 0) is 14.3 Å². The molecule has 0 bridgehead atoms.